The molecule has 0 saturated heterocycles. The van der Waals surface area contributed by atoms with Crippen molar-refractivity contribution in [3.8, 4) is 23.0 Å². The number of rotatable bonds is 2. The Labute approximate surface area is 171 Å². The number of hydrogen-bond donors (Lipinski definition) is 2. The highest BCUT2D eigenvalue weighted by molar-refractivity contribution is 5.89. The zero-order chi connectivity index (χ0) is 22.0. The fourth-order valence-corrected chi connectivity index (χ4v) is 3.12. The predicted molar refractivity (Wildman–Crippen MR) is 115 cm³/mol. The summed E-state index contributed by atoms with van der Waals surface area (Å²) in [6.07, 6.45) is 3.31. The fourth-order valence-electron chi connectivity index (χ4n) is 3.12. The Morgan fingerprint density at radius 1 is 0.733 bits per heavy atom. The van der Waals surface area contributed by atoms with Crippen LogP contribution in [0.5, 0.6) is 23.0 Å². The van der Waals surface area contributed by atoms with Crippen LogP contribution in [0.4, 0.5) is 0 Å². The van der Waals surface area contributed by atoms with Crippen LogP contribution in [0, 0.1) is 0 Å². The Morgan fingerprint density at radius 2 is 1.37 bits per heavy atom. The minimum absolute atomic E-state index is 0.0400. The van der Waals surface area contributed by atoms with E-state index in [4.69, 9.17) is 9.47 Å². The molecule has 8 nitrogen and oxygen atoms in total. The molecule has 0 aliphatic carbocycles. The second kappa shape index (κ2) is 8.20. The molecular weight excluding hydrogens is 388 g/mol. The normalized spacial score (nSPS) is 10.5. The second-order valence-electron chi connectivity index (χ2n) is 6.65. The van der Waals surface area contributed by atoms with Gasteiger partial charge in [-0.3, -0.25) is 9.59 Å². The van der Waals surface area contributed by atoms with Gasteiger partial charge in [0.15, 0.2) is 23.0 Å². The van der Waals surface area contributed by atoms with E-state index >= 15 is 0 Å². The molecule has 4 rings (SSSR count). The SMILES string of the molecule is COc1c(O)ccc2c(=O)n(C)ccc12.COc1cc2c(=O)n(C)ccc2cc1O. The topological polar surface area (TPSA) is 103 Å². The average molecular weight is 410 g/mol. The Kier molecular flexibility index (Phi) is 5.68. The van der Waals surface area contributed by atoms with E-state index in [-0.39, 0.29) is 22.6 Å². The Hall–Kier alpha value is -3.94. The minimum Gasteiger partial charge on any atom is -0.504 e. The van der Waals surface area contributed by atoms with E-state index in [9.17, 15) is 19.8 Å². The van der Waals surface area contributed by atoms with E-state index in [1.54, 1.807) is 50.8 Å². The Balaban J connectivity index is 0.000000171. The summed E-state index contributed by atoms with van der Waals surface area (Å²) in [6.45, 7) is 0. The van der Waals surface area contributed by atoms with E-state index in [2.05, 4.69) is 0 Å². The highest BCUT2D eigenvalue weighted by atomic mass is 16.5. The molecule has 4 aromatic rings. The number of hydrogen-bond acceptors (Lipinski definition) is 6. The zero-order valence-corrected chi connectivity index (χ0v) is 17.0. The molecule has 2 heterocycles. The first kappa shape index (κ1) is 20.8. The third-order valence-electron chi connectivity index (χ3n) is 4.77. The summed E-state index contributed by atoms with van der Waals surface area (Å²) in [6, 6.07) is 9.64. The molecule has 0 radical (unpaired) electrons. The number of benzene rings is 2. The van der Waals surface area contributed by atoms with Gasteiger partial charge in [0.1, 0.15) is 0 Å². The number of phenols is 2. The molecule has 0 unspecified atom stereocenters. The summed E-state index contributed by atoms with van der Waals surface area (Å²) in [7, 11) is 6.28. The van der Waals surface area contributed by atoms with Crippen LogP contribution in [0.2, 0.25) is 0 Å². The van der Waals surface area contributed by atoms with E-state index in [0.717, 1.165) is 0 Å². The second-order valence-corrected chi connectivity index (χ2v) is 6.65. The smallest absolute Gasteiger partial charge is 0.258 e. The highest BCUT2D eigenvalue weighted by Gasteiger charge is 2.09. The van der Waals surface area contributed by atoms with Crippen molar-refractivity contribution >= 4 is 21.5 Å². The van der Waals surface area contributed by atoms with Crippen molar-refractivity contribution in [3.05, 3.63) is 69.5 Å². The van der Waals surface area contributed by atoms with Gasteiger partial charge in [0, 0.05) is 31.9 Å². The van der Waals surface area contributed by atoms with Crippen LogP contribution in [-0.2, 0) is 14.1 Å². The van der Waals surface area contributed by atoms with Crippen molar-refractivity contribution in [2.24, 2.45) is 14.1 Å². The minimum atomic E-state index is -0.106. The third kappa shape index (κ3) is 3.67. The lowest BCUT2D eigenvalue weighted by molar-refractivity contribution is 0.374. The van der Waals surface area contributed by atoms with Gasteiger partial charge in [-0.1, -0.05) is 0 Å². The summed E-state index contributed by atoms with van der Waals surface area (Å²) in [5.74, 6) is 0.729. The number of aromatic hydroxyl groups is 2. The maximum atomic E-state index is 11.7. The van der Waals surface area contributed by atoms with Crippen molar-refractivity contribution in [2.75, 3.05) is 14.2 Å². The summed E-state index contributed by atoms with van der Waals surface area (Å²) in [4.78, 5) is 23.5. The lowest BCUT2D eigenvalue weighted by atomic mass is 10.1. The van der Waals surface area contributed by atoms with Crippen LogP contribution in [0.25, 0.3) is 21.5 Å². The van der Waals surface area contributed by atoms with Gasteiger partial charge >= 0.3 is 0 Å². The van der Waals surface area contributed by atoms with Crippen molar-refractivity contribution < 1.29 is 19.7 Å². The molecule has 30 heavy (non-hydrogen) atoms. The zero-order valence-electron chi connectivity index (χ0n) is 17.0. The van der Waals surface area contributed by atoms with Crippen molar-refractivity contribution in [2.45, 2.75) is 0 Å². The van der Waals surface area contributed by atoms with Crippen LogP contribution in [0.3, 0.4) is 0 Å². The van der Waals surface area contributed by atoms with Crippen LogP contribution >= 0.6 is 0 Å². The maximum Gasteiger partial charge on any atom is 0.258 e. The summed E-state index contributed by atoms with van der Waals surface area (Å²) < 4.78 is 13.0. The molecule has 0 fully saturated rings. The molecule has 0 aliphatic rings. The monoisotopic (exact) mass is 410 g/mol. The number of methoxy groups -OCH3 is 2. The summed E-state index contributed by atoms with van der Waals surface area (Å²) in [5.41, 5.74) is -0.211. The number of ether oxygens (including phenoxy) is 2. The van der Waals surface area contributed by atoms with Gasteiger partial charge in [-0.25, -0.2) is 0 Å². The van der Waals surface area contributed by atoms with E-state index in [1.807, 2.05) is 0 Å². The van der Waals surface area contributed by atoms with Gasteiger partial charge in [-0.2, -0.15) is 0 Å². The maximum absolute atomic E-state index is 11.7. The molecule has 0 aliphatic heterocycles. The standard InChI is InChI=1S/2C11H11NO3/c1-12-4-3-7-5-9(13)10(15-2)6-8(7)11(12)14;1-12-6-5-7-8(11(12)14)3-4-9(13)10(7)15-2/h2*3-6,13H,1-2H3. The molecule has 2 aromatic heterocycles. The molecule has 0 saturated carbocycles. The van der Waals surface area contributed by atoms with E-state index in [0.29, 0.717) is 33.0 Å². The van der Waals surface area contributed by atoms with Gasteiger partial charge in [0.25, 0.3) is 11.1 Å². The number of pyridine rings is 2. The first-order valence-electron chi connectivity index (χ1n) is 9.00. The molecule has 8 heteroatoms. The largest absolute Gasteiger partial charge is 0.504 e. The van der Waals surface area contributed by atoms with Gasteiger partial charge in [0.2, 0.25) is 0 Å². The highest BCUT2D eigenvalue weighted by Crippen LogP contribution is 2.32. The van der Waals surface area contributed by atoms with E-state index < -0.39 is 0 Å². The first-order valence-corrected chi connectivity index (χ1v) is 9.00. The molecule has 2 N–H and O–H groups in total. The molecular formula is C22H22N2O6. The quantitative estimate of drug-likeness (QED) is 0.526. The van der Waals surface area contributed by atoms with Gasteiger partial charge in [-0.05, 0) is 41.8 Å². The first-order chi connectivity index (χ1) is 14.3. The Morgan fingerprint density at radius 3 is 2.00 bits per heavy atom. The van der Waals surface area contributed by atoms with Crippen molar-refractivity contribution in [1.82, 2.24) is 9.13 Å². The molecule has 2 aromatic carbocycles. The van der Waals surface area contributed by atoms with Crippen molar-refractivity contribution in [1.29, 1.82) is 0 Å². The molecule has 0 atom stereocenters. The number of nitrogens with zero attached hydrogens (tertiary/aromatic N) is 2. The number of fused-ring (bicyclic) bond motifs is 2. The van der Waals surface area contributed by atoms with Crippen molar-refractivity contribution in [3.63, 3.8) is 0 Å². The lowest BCUT2D eigenvalue weighted by Gasteiger charge is -2.07. The number of phenolic OH excluding ortho intramolecular Hbond substituents is 2. The van der Waals surface area contributed by atoms with E-state index in [1.165, 1.54) is 35.5 Å². The Bertz CT molecular complexity index is 1330. The average Bonchev–Trinajstić information content (AvgIpc) is 2.73. The summed E-state index contributed by atoms with van der Waals surface area (Å²) >= 11 is 0. The summed E-state index contributed by atoms with van der Waals surface area (Å²) in [5, 5.41) is 21.5. The predicted octanol–water partition coefficient (Wildman–Crippen LogP) is 2.51. The fraction of sp³-hybridized carbons (Fsp3) is 0.182. The van der Waals surface area contributed by atoms with Crippen LogP contribution in [-0.4, -0.2) is 33.6 Å². The number of aryl methyl sites for hydroxylation is 2. The van der Waals surface area contributed by atoms with Gasteiger partial charge in [0.05, 0.1) is 25.0 Å². The van der Waals surface area contributed by atoms with Crippen LogP contribution in [0.1, 0.15) is 0 Å². The molecule has 156 valence electrons. The number of aromatic nitrogens is 2. The molecule has 0 bridgehead atoms. The van der Waals surface area contributed by atoms with Gasteiger partial charge in [-0.15, -0.1) is 0 Å². The molecule has 0 spiro atoms. The van der Waals surface area contributed by atoms with Crippen LogP contribution < -0.4 is 20.6 Å². The lowest BCUT2D eigenvalue weighted by Crippen LogP contribution is -2.15. The van der Waals surface area contributed by atoms with Crippen LogP contribution in [0.15, 0.2) is 58.4 Å². The third-order valence-corrected chi connectivity index (χ3v) is 4.77. The van der Waals surface area contributed by atoms with Gasteiger partial charge < -0.3 is 28.8 Å². The molecule has 0 amide bonds.